The van der Waals surface area contributed by atoms with Crippen molar-refractivity contribution in [3.63, 3.8) is 0 Å². The summed E-state index contributed by atoms with van der Waals surface area (Å²) in [6.07, 6.45) is 3.13. The number of aryl methyl sites for hydroxylation is 1. The fourth-order valence-corrected chi connectivity index (χ4v) is 5.11. The molecule has 184 valence electrons. The van der Waals surface area contributed by atoms with Gasteiger partial charge >= 0.3 is 0 Å². The predicted molar refractivity (Wildman–Crippen MR) is 134 cm³/mol. The number of likely N-dealkylation sites (tertiary alicyclic amines) is 1. The summed E-state index contributed by atoms with van der Waals surface area (Å²) in [5.74, 6) is 0.153. The Morgan fingerprint density at radius 1 is 1.03 bits per heavy atom. The summed E-state index contributed by atoms with van der Waals surface area (Å²) >= 11 is 0. The first-order valence-corrected chi connectivity index (χ1v) is 12.5. The number of benzene rings is 1. The third-order valence-corrected chi connectivity index (χ3v) is 7.16. The van der Waals surface area contributed by atoms with E-state index in [4.69, 9.17) is 9.72 Å². The van der Waals surface area contributed by atoms with Crippen LogP contribution in [0.3, 0.4) is 0 Å². The number of hydrogen-bond acceptors (Lipinski definition) is 5. The minimum atomic E-state index is -0.0270. The maximum Gasteiger partial charge on any atom is 0.254 e. The number of hydrogen-bond donors (Lipinski definition) is 0. The molecule has 8 nitrogen and oxygen atoms in total. The van der Waals surface area contributed by atoms with Crippen LogP contribution in [0.1, 0.15) is 48.7 Å². The van der Waals surface area contributed by atoms with Crippen LogP contribution in [0.2, 0.25) is 0 Å². The lowest BCUT2D eigenvalue weighted by molar-refractivity contribution is -0.141. The second-order valence-corrected chi connectivity index (χ2v) is 9.79. The topological polar surface area (TPSA) is 80.6 Å². The molecule has 5 rings (SSSR count). The molecule has 0 radical (unpaired) electrons. The molecule has 0 saturated carbocycles. The zero-order valence-electron chi connectivity index (χ0n) is 20.7. The number of morpholine rings is 1. The number of carbonyl (C=O) groups excluding carboxylic acids is 2. The fourth-order valence-electron chi connectivity index (χ4n) is 5.11. The van der Waals surface area contributed by atoms with Crippen molar-refractivity contribution in [2.45, 2.75) is 39.7 Å². The molecule has 0 unspecified atom stereocenters. The molecule has 2 aliphatic heterocycles. The van der Waals surface area contributed by atoms with Crippen LogP contribution >= 0.6 is 0 Å². The molecule has 0 atom stereocenters. The Bertz CT molecular complexity index is 1240. The van der Waals surface area contributed by atoms with Gasteiger partial charge in [-0.1, -0.05) is 24.3 Å². The standard InChI is InChI=1S/C27H33N5O3/c1-18(2)32-25-23(17-28-32)22(16-24(29-25)21-7-5-4-6-19(21)3)27(34)30-10-8-20(9-11-30)26(33)31-12-14-35-15-13-31/h4-7,16-18,20H,8-15H2,1-3H3. The minimum absolute atomic E-state index is 0.0205. The van der Waals surface area contributed by atoms with E-state index in [1.165, 1.54) is 0 Å². The van der Waals surface area contributed by atoms with Gasteiger partial charge in [0.1, 0.15) is 0 Å². The maximum atomic E-state index is 13.8. The smallest absolute Gasteiger partial charge is 0.254 e. The number of aromatic nitrogens is 3. The first-order chi connectivity index (χ1) is 16.9. The van der Waals surface area contributed by atoms with Gasteiger partial charge in [0.25, 0.3) is 5.91 Å². The summed E-state index contributed by atoms with van der Waals surface area (Å²) < 4.78 is 7.25. The predicted octanol–water partition coefficient (Wildman–Crippen LogP) is 3.70. The zero-order valence-corrected chi connectivity index (χ0v) is 20.7. The molecule has 0 aliphatic carbocycles. The Kier molecular flexibility index (Phi) is 6.56. The molecule has 2 fully saturated rings. The summed E-state index contributed by atoms with van der Waals surface area (Å²) in [4.78, 5) is 35.4. The zero-order chi connectivity index (χ0) is 24.5. The summed E-state index contributed by atoms with van der Waals surface area (Å²) in [7, 11) is 0. The highest BCUT2D eigenvalue weighted by Gasteiger charge is 2.32. The molecule has 2 amide bonds. The van der Waals surface area contributed by atoms with Crippen molar-refractivity contribution in [2.24, 2.45) is 5.92 Å². The van der Waals surface area contributed by atoms with Gasteiger partial charge in [0.15, 0.2) is 5.65 Å². The van der Waals surface area contributed by atoms with Gasteiger partial charge in [-0.15, -0.1) is 0 Å². The number of rotatable bonds is 4. The van der Waals surface area contributed by atoms with Crippen molar-refractivity contribution in [3.8, 4) is 11.3 Å². The van der Waals surface area contributed by atoms with Gasteiger partial charge in [-0.05, 0) is 45.2 Å². The highest BCUT2D eigenvalue weighted by atomic mass is 16.5. The van der Waals surface area contributed by atoms with Gasteiger partial charge in [0, 0.05) is 43.7 Å². The van der Waals surface area contributed by atoms with Gasteiger partial charge in [-0.3, -0.25) is 9.59 Å². The molecule has 3 aromatic rings. The van der Waals surface area contributed by atoms with Crippen molar-refractivity contribution in [2.75, 3.05) is 39.4 Å². The number of fused-ring (bicyclic) bond motifs is 1. The molecule has 8 heteroatoms. The Morgan fingerprint density at radius 2 is 1.74 bits per heavy atom. The fraction of sp³-hybridized carbons (Fsp3) is 0.481. The van der Waals surface area contributed by atoms with Crippen molar-refractivity contribution in [3.05, 3.63) is 47.7 Å². The van der Waals surface area contributed by atoms with E-state index in [-0.39, 0.29) is 23.8 Å². The number of amides is 2. The van der Waals surface area contributed by atoms with Gasteiger partial charge in [-0.2, -0.15) is 5.10 Å². The van der Waals surface area contributed by atoms with Gasteiger partial charge in [-0.25, -0.2) is 9.67 Å². The van der Waals surface area contributed by atoms with Crippen molar-refractivity contribution in [1.29, 1.82) is 0 Å². The second-order valence-electron chi connectivity index (χ2n) is 9.79. The average molecular weight is 476 g/mol. The molecule has 35 heavy (non-hydrogen) atoms. The van der Waals surface area contributed by atoms with E-state index in [0.717, 1.165) is 27.9 Å². The number of piperidine rings is 1. The van der Waals surface area contributed by atoms with Crippen LogP contribution in [0.4, 0.5) is 0 Å². The van der Waals surface area contributed by atoms with Gasteiger partial charge in [0.05, 0.1) is 36.1 Å². The first kappa shape index (κ1) is 23.5. The number of pyridine rings is 1. The molecule has 0 N–H and O–H groups in total. The lowest BCUT2D eigenvalue weighted by Crippen LogP contribution is -2.47. The normalized spacial score (nSPS) is 17.4. The second kappa shape index (κ2) is 9.77. The van der Waals surface area contributed by atoms with Crippen molar-refractivity contribution < 1.29 is 14.3 Å². The lowest BCUT2D eigenvalue weighted by atomic mass is 9.94. The van der Waals surface area contributed by atoms with E-state index in [2.05, 4.69) is 31.9 Å². The van der Waals surface area contributed by atoms with E-state index in [0.29, 0.717) is 57.8 Å². The molecule has 0 bridgehead atoms. The number of nitrogens with zero attached hydrogens (tertiary/aromatic N) is 5. The number of ether oxygens (including phenoxy) is 1. The van der Waals surface area contributed by atoms with E-state index < -0.39 is 0 Å². The van der Waals surface area contributed by atoms with Crippen LogP contribution in [-0.2, 0) is 9.53 Å². The number of carbonyl (C=O) groups is 2. The third kappa shape index (κ3) is 4.55. The average Bonchev–Trinajstić information content (AvgIpc) is 3.33. The van der Waals surface area contributed by atoms with Gasteiger partial charge < -0.3 is 14.5 Å². The molecule has 2 saturated heterocycles. The van der Waals surface area contributed by atoms with Crippen LogP contribution in [0.25, 0.3) is 22.3 Å². The monoisotopic (exact) mass is 475 g/mol. The van der Waals surface area contributed by atoms with Crippen molar-refractivity contribution in [1.82, 2.24) is 24.6 Å². The maximum absolute atomic E-state index is 13.8. The molecule has 2 aliphatic rings. The lowest BCUT2D eigenvalue weighted by Gasteiger charge is -2.35. The molecule has 2 aromatic heterocycles. The van der Waals surface area contributed by atoms with E-state index in [1.807, 2.05) is 38.7 Å². The molecular formula is C27H33N5O3. The third-order valence-electron chi connectivity index (χ3n) is 7.16. The van der Waals surface area contributed by atoms with E-state index in [1.54, 1.807) is 6.20 Å². The van der Waals surface area contributed by atoms with Crippen LogP contribution in [0, 0.1) is 12.8 Å². The highest BCUT2D eigenvalue weighted by Crippen LogP contribution is 2.30. The SMILES string of the molecule is Cc1ccccc1-c1cc(C(=O)N2CCC(C(=O)N3CCOCC3)CC2)c2cnn(C(C)C)c2n1. The summed E-state index contributed by atoms with van der Waals surface area (Å²) in [6.45, 7) is 9.85. The molecule has 4 heterocycles. The summed E-state index contributed by atoms with van der Waals surface area (Å²) in [5.41, 5.74) is 4.24. The van der Waals surface area contributed by atoms with Crippen molar-refractivity contribution >= 4 is 22.8 Å². The van der Waals surface area contributed by atoms with Crippen LogP contribution in [0.15, 0.2) is 36.5 Å². The minimum Gasteiger partial charge on any atom is -0.378 e. The molecule has 0 spiro atoms. The van der Waals surface area contributed by atoms with E-state index >= 15 is 0 Å². The van der Waals surface area contributed by atoms with Crippen LogP contribution < -0.4 is 0 Å². The molecular weight excluding hydrogens is 442 g/mol. The van der Waals surface area contributed by atoms with Crippen LogP contribution in [-0.4, -0.2) is 75.8 Å². The molecule has 1 aromatic carbocycles. The Morgan fingerprint density at radius 3 is 2.43 bits per heavy atom. The summed E-state index contributed by atoms with van der Waals surface area (Å²) in [6, 6.07) is 10.1. The first-order valence-electron chi connectivity index (χ1n) is 12.5. The van der Waals surface area contributed by atoms with E-state index in [9.17, 15) is 9.59 Å². The Labute approximate surface area is 205 Å². The highest BCUT2D eigenvalue weighted by molar-refractivity contribution is 6.06. The quantitative estimate of drug-likeness (QED) is 0.575. The Hall–Kier alpha value is -3.26. The summed E-state index contributed by atoms with van der Waals surface area (Å²) in [5, 5.41) is 5.32. The largest absolute Gasteiger partial charge is 0.378 e. The van der Waals surface area contributed by atoms with Crippen LogP contribution in [0.5, 0.6) is 0 Å². The Balaban J connectivity index is 1.42. The van der Waals surface area contributed by atoms with Gasteiger partial charge in [0.2, 0.25) is 5.91 Å².